The van der Waals surface area contributed by atoms with Crippen molar-refractivity contribution in [3.8, 4) is 0 Å². The summed E-state index contributed by atoms with van der Waals surface area (Å²) in [6, 6.07) is 0. The Morgan fingerprint density at radius 2 is 1.61 bits per heavy atom. The number of likely N-dealkylation sites (N-methyl/N-ethyl adjacent to an activating group) is 1. The summed E-state index contributed by atoms with van der Waals surface area (Å²) in [6.07, 6.45) is 3.19. The summed E-state index contributed by atoms with van der Waals surface area (Å²) in [5.41, 5.74) is -0.726. The Balaban J connectivity index is 4.43. The molecule has 0 amide bonds. The molecule has 0 spiro atoms. The quantitative estimate of drug-likeness (QED) is 0.597. The van der Waals surface area contributed by atoms with Crippen molar-refractivity contribution in [2.75, 3.05) is 26.2 Å². The molecule has 0 atom stereocenters. The van der Waals surface area contributed by atoms with Crippen LogP contribution in [0.5, 0.6) is 0 Å². The summed E-state index contributed by atoms with van der Waals surface area (Å²) in [5.74, 6) is -0.703. The average molecular weight is 258 g/mol. The number of hydrogen-bond acceptors (Lipinski definition) is 3. The highest BCUT2D eigenvalue weighted by Gasteiger charge is 2.35. The van der Waals surface area contributed by atoms with E-state index in [1.165, 1.54) is 0 Å². The molecule has 0 heterocycles. The summed E-state index contributed by atoms with van der Waals surface area (Å²) in [5, 5.41) is 12.8. The Hall–Kier alpha value is -0.610. The van der Waals surface area contributed by atoms with Crippen molar-refractivity contribution < 1.29 is 9.90 Å². The van der Waals surface area contributed by atoms with E-state index < -0.39 is 11.5 Å². The van der Waals surface area contributed by atoms with Crippen molar-refractivity contribution in [2.45, 2.75) is 58.9 Å². The Morgan fingerprint density at radius 3 is 1.94 bits per heavy atom. The molecule has 0 rings (SSSR count). The molecule has 0 saturated carbocycles. The van der Waals surface area contributed by atoms with Gasteiger partial charge in [-0.2, -0.15) is 0 Å². The molecule has 0 saturated heterocycles. The molecule has 18 heavy (non-hydrogen) atoms. The lowest BCUT2D eigenvalue weighted by atomic mass is 9.88. The molecule has 0 aliphatic rings. The minimum atomic E-state index is -0.726. The zero-order chi connectivity index (χ0) is 14.0. The first kappa shape index (κ1) is 17.4. The van der Waals surface area contributed by atoms with E-state index in [0.29, 0.717) is 12.8 Å². The first-order chi connectivity index (χ1) is 8.56. The topological polar surface area (TPSA) is 52.6 Å². The van der Waals surface area contributed by atoms with Gasteiger partial charge in [0, 0.05) is 13.1 Å². The van der Waals surface area contributed by atoms with Crippen LogP contribution in [0.25, 0.3) is 0 Å². The third kappa shape index (κ3) is 5.36. The molecule has 0 aliphatic heterocycles. The fourth-order valence-corrected chi connectivity index (χ4v) is 2.44. The number of carboxylic acid groups (broad SMARTS) is 1. The van der Waals surface area contributed by atoms with Crippen molar-refractivity contribution in [1.29, 1.82) is 0 Å². The molecule has 0 radical (unpaired) electrons. The standard InChI is InChI=1S/C14H30N2O2/c1-5-9-14(10-6-2,13(17)18)15-11-12-16(7-3)8-4/h15H,5-12H2,1-4H3,(H,17,18). The van der Waals surface area contributed by atoms with Crippen LogP contribution in [0, 0.1) is 0 Å². The smallest absolute Gasteiger partial charge is 0.323 e. The Labute approximate surface area is 112 Å². The third-order valence-corrected chi connectivity index (χ3v) is 3.55. The summed E-state index contributed by atoms with van der Waals surface area (Å²) in [4.78, 5) is 13.8. The SMILES string of the molecule is CCCC(CCC)(NCCN(CC)CC)C(=O)O. The monoisotopic (exact) mass is 258 g/mol. The van der Waals surface area contributed by atoms with Crippen LogP contribution in [-0.4, -0.2) is 47.7 Å². The van der Waals surface area contributed by atoms with E-state index in [2.05, 4.69) is 24.1 Å². The van der Waals surface area contributed by atoms with Crippen molar-refractivity contribution in [3.63, 3.8) is 0 Å². The summed E-state index contributed by atoms with van der Waals surface area (Å²) < 4.78 is 0. The van der Waals surface area contributed by atoms with Gasteiger partial charge >= 0.3 is 5.97 Å². The van der Waals surface area contributed by atoms with Crippen LogP contribution >= 0.6 is 0 Å². The zero-order valence-electron chi connectivity index (χ0n) is 12.5. The van der Waals surface area contributed by atoms with Gasteiger partial charge < -0.3 is 15.3 Å². The van der Waals surface area contributed by atoms with Gasteiger partial charge in [-0.05, 0) is 25.9 Å². The lowest BCUT2D eigenvalue weighted by molar-refractivity contribution is -0.145. The van der Waals surface area contributed by atoms with Gasteiger partial charge in [-0.1, -0.05) is 40.5 Å². The molecule has 4 nitrogen and oxygen atoms in total. The molecule has 4 heteroatoms. The molecule has 0 aromatic carbocycles. The molecule has 0 bridgehead atoms. The second-order valence-electron chi connectivity index (χ2n) is 4.84. The highest BCUT2D eigenvalue weighted by molar-refractivity contribution is 5.78. The normalized spacial score (nSPS) is 12.1. The second-order valence-corrected chi connectivity index (χ2v) is 4.84. The number of nitrogens with one attached hydrogen (secondary N) is 1. The van der Waals surface area contributed by atoms with Crippen LogP contribution in [0.2, 0.25) is 0 Å². The second kappa shape index (κ2) is 9.34. The van der Waals surface area contributed by atoms with Gasteiger partial charge in [0.2, 0.25) is 0 Å². The van der Waals surface area contributed by atoms with Crippen LogP contribution in [0.4, 0.5) is 0 Å². The molecule has 0 aliphatic carbocycles. The van der Waals surface area contributed by atoms with E-state index in [1.807, 2.05) is 13.8 Å². The van der Waals surface area contributed by atoms with Crippen LogP contribution < -0.4 is 5.32 Å². The van der Waals surface area contributed by atoms with Crippen LogP contribution in [0.1, 0.15) is 53.4 Å². The zero-order valence-corrected chi connectivity index (χ0v) is 12.5. The molecule has 0 fully saturated rings. The number of hydrogen-bond donors (Lipinski definition) is 2. The van der Waals surface area contributed by atoms with Crippen LogP contribution in [0.15, 0.2) is 0 Å². The van der Waals surface area contributed by atoms with E-state index in [1.54, 1.807) is 0 Å². The minimum absolute atomic E-state index is 0.703. The summed E-state index contributed by atoms with van der Waals surface area (Å²) >= 11 is 0. The number of aliphatic carboxylic acids is 1. The largest absolute Gasteiger partial charge is 0.480 e. The van der Waals surface area contributed by atoms with Gasteiger partial charge in [0.25, 0.3) is 0 Å². The Morgan fingerprint density at radius 1 is 1.11 bits per heavy atom. The van der Waals surface area contributed by atoms with Crippen molar-refractivity contribution in [2.24, 2.45) is 0 Å². The lowest BCUT2D eigenvalue weighted by Gasteiger charge is -2.31. The van der Waals surface area contributed by atoms with Crippen molar-refractivity contribution in [1.82, 2.24) is 10.2 Å². The van der Waals surface area contributed by atoms with Crippen LogP contribution in [-0.2, 0) is 4.79 Å². The minimum Gasteiger partial charge on any atom is -0.480 e. The number of rotatable bonds is 11. The summed E-state index contributed by atoms with van der Waals surface area (Å²) in [6.45, 7) is 12.0. The molecule has 108 valence electrons. The van der Waals surface area contributed by atoms with Gasteiger partial charge in [-0.25, -0.2) is 0 Å². The molecular formula is C14H30N2O2. The van der Waals surface area contributed by atoms with E-state index in [4.69, 9.17) is 0 Å². The Bertz CT molecular complexity index is 222. The maximum absolute atomic E-state index is 11.5. The first-order valence-electron chi connectivity index (χ1n) is 7.27. The fourth-order valence-electron chi connectivity index (χ4n) is 2.44. The maximum Gasteiger partial charge on any atom is 0.323 e. The lowest BCUT2D eigenvalue weighted by Crippen LogP contribution is -2.53. The predicted octanol–water partition coefficient (Wildman–Crippen LogP) is 2.34. The number of carboxylic acids is 1. The van der Waals surface area contributed by atoms with Gasteiger partial charge in [0.05, 0.1) is 0 Å². The fraction of sp³-hybridized carbons (Fsp3) is 0.929. The molecule has 0 unspecified atom stereocenters. The van der Waals surface area contributed by atoms with E-state index >= 15 is 0 Å². The van der Waals surface area contributed by atoms with Gasteiger partial charge in [-0.3, -0.25) is 4.79 Å². The highest BCUT2D eigenvalue weighted by Crippen LogP contribution is 2.20. The van der Waals surface area contributed by atoms with E-state index in [9.17, 15) is 9.90 Å². The molecule has 2 N–H and O–H groups in total. The van der Waals surface area contributed by atoms with Gasteiger partial charge in [0.1, 0.15) is 5.54 Å². The Kier molecular flexibility index (Phi) is 9.02. The molecule has 0 aromatic heterocycles. The van der Waals surface area contributed by atoms with E-state index in [0.717, 1.165) is 39.0 Å². The first-order valence-corrected chi connectivity index (χ1v) is 7.27. The number of nitrogens with zero attached hydrogens (tertiary/aromatic N) is 1. The van der Waals surface area contributed by atoms with Crippen molar-refractivity contribution in [3.05, 3.63) is 0 Å². The molecular weight excluding hydrogens is 228 g/mol. The van der Waals surface area contributed by atoms with Gasteiger partial charge in [0.15, 0.2) is 0 Å². The third-order valence-electron chi connectivity index (χ3n) is 3.55. The van der Waals surface area contributed by atoms with Gasteiger partial charge in [-0.15, -0.1) is 0 Å². The summed E-state index contributed by atoms with van der Waals surface area (Å²) in [7, 11) is 0. The highest BCUT2D eigenvalue weighted by atomic mass is 16.4. The maximum atomic E-state index is 11.5. The molecule has 0 aromatic rings. The predicted molar refractivity (Wildman–Crippen MR) is 76.0 cm³/mol. The van der Waals surface area contributed by atoms with E-state index in [-0.39, 0.29) is 0 Å². The number of carbonyl (C=O) groups is 1. The average Bonchev–Trinajstić information content (AvgIpc) is 2.34. The van der Waals surface area contributed by atoms with Crippen LogP contribution in [0.3, 0.4) is 0 Å². The van der Waals surface area contributed by atoms with Crippen molar-refractivity contribution >= 4 is 5.97 Å².